The molecule has 0 aromatic carbocycles. The van der Waals surface area contributed by atoms with Crippen LogP contribution in [0.2, 0.25) is 0 Å². The molecule has 1 rings (SSSR count). The van der Waals surface area contributed by atoms with E-state index in [2.05, 4.69) is 17.6 Å². The van der Waals surface area contributed by atoms with Gasteiger partial charge in [-0.3, -0.25) is 4.79 Å². The molecule has 20 heavy (non-hydrogen) atoms. The van der Waals surface area contributed by atoms with Crippen LogP contribution in [0.5, 0.6) is 0 Å². The Morgan fingerprint density at radius 3 is 2.55 bits per heavy atom. The lowest BCUT2D eigenvalue weighted by Gasteiger charge is -2.37. The Morgan fingerprint density at radius 2 is 1.95 bits per heavy atom. The van der Waals surface area contributed by atoms with Gasteiger partial charge < -0.3 is 15.4 Å². The van der Waals surface area contributed by atoms with Crippen LogP contribution in [0.25, 0.3) is 0 Å². The minimum atomic E-state index is -0.0904. The second kappa shape index (κ2) is 11.4. The number of rotatable bonds is 9. The molecule has 0 heterocycles. The number of hydrogen-bond acceptors (Lipinski definition) is 3. The first kappa shape index (κ1) is 19.7. The number of halogens is 1. The molecular weight excluding hydrogens is 276 g/mol. The summed E-state index contributed by atoms with van der Waals surface area (Å²) in [6.45, 7) is 4.51. The van der Waals surface area contributed by atoms with Gasteiger partial charge in [0.05, 0.1) is 5.60 Å². The van der Waals surface area contributed by atoms with Gasteiger partial charge >= 0.3 is 0 Å². The Morgan fingerprint density at radius 1 is 1.25 bits per heavy atom. The van der Waals surface area contributed by atoms with Crippen molar-refractivity contribution in [2.45, 2.75) is 63.9 Å². The Hall–Kier alpha value is -0.320. The summed E-state index contributed by atoms with van der Waals surface area (Å²) in [4.78, 5) is 11.8. The second-order valence-corrected chi connectivity index (χ2v) is 5.58. The molecule has 1 fully saturated rings. The lowest BCUT2D eigenvalue weighted by Crippen LogP contribution is -2.46. The third-order valence-corrected chi connectivity index (χ3v) is 3.82. The van der Waals surface area contributed by atoms with Crippen LogP contribution in [0, 0.1) is 0 Å². The van der Waals surface area contributed by atoms with Crippen molar-refractivity contribution in [3.8, 4) is 0 Å². The Bertz CT molecular complexity index is 256. The average molecular weight is 307 g/mol. The van der Waals surface area contributed by atoms with Crippen LogP contribution >= 0.6 is 12.4 Å². The van der Waals surface area contributed by atoms with Crippen molar-refractivity contribution in [3.05, 3.63) is 0 Å². The molecule has 0 aromatic rings. The fourth-order valence-electron chi connectivity index (χ4n) is 2.66. The van der Waals surface area contributed by atoms with E-state index in [-0.39, 0.29) is 23.9 Å². The van der Waals surface area contributed by atoms with Crippen LogP contribution in [0.15, 0.2) is 0 Å². The van der Waals surface area contributed by atoms with Gasteiger partial charge in [0.1, 0.15) is 0 Å². The molecule has 0 saturated heterocycles. The van der Waals surface area contributed by atoms with Crippen LogP contribution in [-0.4, -0.2) is 38.3 Å². The quantitative estimate of drug-likeness (QED) is 0.644. The van der Waals surface area contributed by atoms with Crippen molar-refractivity contribution >= 4 is 18.3 Å². The molecule has 0 bridgehead atoms. The first-order valence-corrected chi connectivity index (χ1v) is 7.78. The van der Waals surface area contributed by atoms with E-state index in [4.69, 9.17) is 4.74 Å². The van der Waals surface area contributed by atoms with Gasteiger partial charge in [0.15, 0.2) is 0 Å². The SMILES string of the molecule is CCCOC1(CNC(=O)CCCNC)CCCCC1.Cl. The maximum Gasteiger partial charge on any atom is 0.220 e. The summed E-state index contributed by atoms with van der Waals surface area (Å²) in [6.07, 6.45) is 8.45. The standard InChI is InChI=1S/C15H30N2O2.ClH/c1-3-12-19-15(9-5-4-6-10-15)13-17-14(18)8-7-11-16-2;/h16H,3-13H2,1-2H3,(H,17,18);1H. The third kappa shape index (κ3) is 7.46. The highest BCUT2D eigenvalue weighted by Gasteiger charge is 2.32. The molecule has 2 N–H and O–H groups in total. The Labute approximate surface area is 129 Å². The largest absolute Gasteiger partial charge is 0.373 e. The number of carbonyl (C=O) groups excluding carboxylic acids is 1. The molecule has 5 heteroatoms. The summed E-state index contributed by atoms with van der Waals surface area (Å²) >= 11 is 0. The lowest BCUT2D eigenvalue weighted by atomic mass is 9.84. The molecule has 4 nitrogen and oxygen atoms in total. The smallest absolute Gasteiger partial charge is 0.220 e. The maximum absolute atomic E-state index is 11.8. The van der Waals surface area contributed by atoms with Crippen LogP contribution in [0.3, 0.4) is 0 Å². The number of carbonyl (C=O) groups is 1. The van der Waals surface area contributed by atoms with E-state index < -0.39 is 0 Å². The lowest BCUT2D eigenvalue weighted by molar-refractivity contribution is -0.124. The number of amides is 1. The normalized spacial score (nSPS) is 17.3. The predicted molar refractivity (Wildman–Crippen MR) is 85.5 cm³/mol. The Balaban J connectivity index is 0.00000361. The minimum Gasteiger partial charge on any atom is -0.373 e. The summed E-state index contributed by atoms with van der Waals surface area (Å²) in [5.41, 5.74) is -0.0904. The van der Waals surface area contributed by atoms with Gasteiger partial charge in [-0.15, -0.1) is 12.4 Å². The zero-order valence-corrected chi connectivity index (χ0v) is 13.8. The molecule has 0 aromatic heterocycles. The second-order valence-electron chi connectivity index (χ2n) is 5.58. The minimum absolute atomic E-state index is 0. The molecule has 0 unspecified atom stereocenters. The van der Waals surface area contributed by atoms with Crippen molar-refractivity contribution < 1.29 is 9.53 Å². The molecule has 0 aliphatic heterocycles. The number of nitrogens with one attached hydrogen (secondary N) is 2. The van der Waals surface area contributed by atoms with Gasteiger partial charge in [0.2, 0.25) is 5.91 Å². The number of ether oxygens (including phenoxy) is 1. The van der Waals surface area contributed by atoms with Crippen LogP contribution in [0.4, 0.5) is 0 Å². The fraction of sp³-hybridized carbons (Fsp3) is 0.933. The molecule has 1 amide bonds. The third-order valence-electron chi connectivity index (χ3n) is 3.82. The summed E-state index contributed by atoms with van der Waals surface area (Å²) in [5.74, 6) is 0.153. The predicted octanol–water partition coefficient (Wildman–Crippen LogP) is 2.65. The molecule has 120 valence electrons. The molecule has 0 atom stereocenters. The van der Waals surface area contributed by atoms with Gasteiger partial charge in [-0.25, -0.2) is 0 Å². The van der Waals surface area contributed by atoms with E-state index in [0.29, 0.717) is 13.0 Å². The molecule has 1 aliphatic rings. The van der Waals surface area contributed by atoms with Crippen LogP contribution < -0.4 is 10.6 Å². The molecule has 0 spiro atoms. The van der Waals surface area contributed by atoms with Gasteiger partial charge in [-0.05, 0) is 39.3 Å². The van der Waals surface area contributed by atoms with E-state index in [0.717, 1.165) is 38.8 Å². The highest BCUT2D eigenvalue weighted by atomic mass is 35.5. The molecule has 1 saturated carbocycles. The van der Waals surface area contributed by atoms with Crippen LogP contribution in [0.1, 0.15) is 58.3 Å². The van der Waals surface area contributed by atoms with Crippen molar-refractivity contribution in [1.29, 1.82) is 0 Å². The maximum atomic E-state index is 11.8. The highest BCUT2D eigenvalue weighted by molar-refractivity contribution is 5.85. The van der Waals surface area contributed by atoms with Crippen molar-refractivity contribution in [1.82, 2.24) is 10.6 Å². The van der Waals surface area contributed by atoms with Gasteiger partial charge in [0.25, 0.3) is 0 Å². The molecule has 0 radical (unpaired) electrons. The Kier molecular flexibility index (Phi) is 11.2. The van der Waals surface area contributed by atoms with E-state index in [1.54, 1.807) is 0 Å². The van der Waals surface area contributed by atoms with Gasteiger partial charge in [0, 0.05) is 19.6 Å². The number of hydrogen-bond donors (Lipinski definition) is 2. The van der Waals surface area contributed by atoms with Crippen molar-refractivity contribution in [2.75, 3.05) is 26.7 Å². The van der Waals surface area contributed by atoms with Crippen molar-refractivity contribution in [2.24, 2.45) is 0 Å². The topological polar surface area (TPSA) is 50.4 Å². The zero-order chi connectivity index (χ0) is 14.0. The summed E-state index contributed by atoms with van der Waals surface area (Å²) in [7, 11) is 1.91. The zero-order valence-electron chi connectivity index (χ0n) is 13.0. The van der Waals surface area contributed by atoms with E-state index in [1.165, 1.54) is 19.3 Å². The van der Waals surface area contributed by atoms with E-state index >= 15 is 0 Å². The van der Waals surface area contributed by atoms with E-state index in [9.17, 15) is 4.79 Å². The van der Waals surface area contributed by atoms with Gasteiger partial charge in [-0.2, -0.15) is 0 Å². The summed E-state index contributed by atoms with van der Waals surface area (Å²) < 4.78 is 6.07. The summed E-state index contributed by atoms with van der Waals surface area (Å²) in [6, 6.07) is 0. The first-order valence-electron chi connectivity index (χ1n) is 7.78. The average Bonchev–Trinajstić information content (AvgIpc) is 2.44. The highest BCUT2D eigenvalue weighted by Crippen LogP contribution is 2.31. The fourth-order valence-corrected chi connectivity index (χ4v) is 2.66. The van der Waals surface area contributed by atoms with Crippen molar-refractivity contribution in [3.63, 3.8) is 0 Å². The molecular formula is C15H31ClN2O2. The van der Waals surface area contributed by atoms with E-state index in [1.807, 2.05) is 7.05 Å². The molecule has 1 aliphatic carbocycles. The first-order chi connectivity index (χ1) is 9.22. The monoisotopic (exact) mass is 306 g/mol. The summed E-state index contributed by atoms with van der Waals surface area (Å²) in [5, 5.41) is 6.13. The van der Waals surface area contributed by atoms with Crippen LogP contribution in [-0.2, 0) is 9.53 Å². The van der Waals surface area contributed by atoms with Gasteiger partial charge in [-0.1, -0.05) is 26.2 Å².